The summed E-state index contributed by atoms with van der Waals surface area (Å²) in [5.41, 5.74) is 5.57. The van der Waals surface area contributed by atoms with Crippen LogP contribution in [-0.4, -0.2) is 33.7 Å². The van der Waals surface area contributed by atoms with Crippen molar-refractivity contribution in [3.8, 4) is 0 Å². The number of amides is 1. The summed E-state index contributed by atoms with van der Waals surface area (Å²) in [4.78, 5) is 15.7. The Kier molecular flexibility index (Phi) is 4.42. The molecular weight excluding hydrogens is 206 g/mol. The minimum atomic E-state index is -0.260. The molecule has 1 aromatic rings. The van der Waals surface area contributed by atoms with E-state index in [0.29, 0.717) is 6.54 Å². The number of carbonyl (C=O) groups is 1. The summed E-state index contributed by atoms with van der Waals surface area (Å²) in [6.07, 6.45) is 0.743. The van der Waals surface area contributed by atoms with Crippen LogP contribution in [0.5, 0.6) is 0 Å². The van der Waals surface area contributed by atoms with Crippen molar-refractivity contribution in [3.05, 3.63) is 11.6 Å². The van der Waals surface area contributed by atoms with Gasteiger partial charge in [-0.05, 0) is 13.3 Å². The van der Waals surface area contributed by atoms with Gasteiger partial charge in [0, 0.05) is 18.5 Å². The predicted molar refractivity (Wildman–Crippen MR) is 61.1 cm³/mol. The lowest BCUT2D eigenvalue weighted by atomic mass is 10.2. The second kappa shape index (κ2) is 5.60. The van der Waals surface area contributed by atoms with Gasteiger partial charge in [-0.2, -0.15) is 0 Å². The number of nitrogens with zero attached hydrogens (tertiary/aromatic N) is 2. The van der Waals surface area contributed by atoms with Gasteiger partial charge in [0.05, 0.1) is 0 Å². The Morgan fingerprint density at radius 2 is 2.19 bits per heavy atom. The first kappa shape index (κ1) is 12.6. The molecule has 0 bridgehead atoms. The molecule has 4 N–H and O–H groups in total. The molecule has 0 aromatic carbocycles. The number of aromatic nitrogens is 3. The fourth-order valence-corrected chi connectivity index (χ4v) is 1.13. The Balaban J connectivity index is 2.46. The largest absolute Gasteiger partial charge is 0.349 e. The average molecular weight is 225 g/mol. The van der Waals surface area contributed by atoms with Crippen LogP contribution < -0.4 is 11.1 Å². The highest BCUT2D eigenvalue weighted by Gasteiger charge is 2.13. The fraction of sp³-hybridized carbons (Fsp3) is 0.700. The number of nitrogens with two attached hydrogens (primary N) is 1. The van der Waals surface area contributed by atoms with Crippen molar-refractivity contribution in [2.45, 2.75) is 39.2 Å². The molecule has 1 aromatic heterocycles. The van der Waals surface area contributed by atoms with Crippen LogP contribution >= 0.6 is 0 Å². The van der Waals surface area contributed by atoms with E-state index in [1.54, 1.807) is 0 Å². The Bertz CT molecular complexity index is 345. The summed E-state index contributed by atoms with van der Waals surface area (Å²) in [5.74, 6) is 0.882. The molecule has 1 unspecified atom stereocenters. The van der Waals surface area contributed by atoms with Crippen molar-refractivity contribution in [2.75, 3.05) is 6.54 Å². The molecule has 0 saturated heterocycles. The first-order chi connectivity index (χ1) is 7.50. The van der Waals surface area contributed by atoms with E-state index in [-0.39, 0.29) is 23.7 Å². The summed E-state index contributed by atoms with van der Waals surface area (Å²) in [6.45, 7) is 6.41. The van der Waals surface area contributed by atoms with E-state index in [1.165, 1.54) is 0 Å². The van der Waals surface area contributed by atoms with E-state index in [2.05, 4.69) is 20.5 Å². The highest BCUT2D eigenvalue weighted by molar-refractivity contribution is 5.90. The smallest absolute Gasteiger partial charge is 0.290 e. The molecule has 0 aliphatic heterocycles. The molecule has 0 aliphatic rings. The molecule has 0 aliphatic carbocycles. The molecule has 6 heteroatoms. The number of nitrogens with one attached hydrogen (secondary N) is 2. The zero-order valence-corrected chi connectivity index (χ0v) is 9.95. The molecule has 0 radical (unpaired) electrons. The monoisotopic (exact) mass is 225 g/mol. The summed E-state index contributed by atoms with van der Waals surface area (Å²) < 4.78 is 0. The Hall–Kier alpha value is -1.43. The minimum Gasteiger partial charge on any atom is -0.349 e. The molecule has 0 spiro atoms. The van der Waals surface area contributed by atoms with Gasteiger partial charge >= 0.3 is 0 Å². The maximum atomic E-state index is 11.6. The lowest BCUT2D eigenvalue weighted by molar-refractivity contribution is 0.0942. The SMILES string of the molecule is CC(N)CCNC(=O)c1n[nH]c(C(C)C)n1. The van der Waals surface area contributed by atoms with Gasteiger partial charge in [0.15, 0.2) is 0 Å². The Morgan fingerprint density at radius 1 is 1.50 bits per heavy atom. The first-order valence-electron chi connectivity index (χ1n) is 5.46. The number of hydrogen-bond acceptors (Lipinski definition) is 4. The van der Waals surface area contributed by atoms with Gasteiger partial charge in [-0.25, -0.2) is 4.98 Å². The van der Waals surface area contributed by atoms with Crippen molar-refractivity contribution in [1.82, 2.24) is 20.5 Å². The van der Waals surface area contributed by atoms with E-state index >= 15 is 0 Å². The van der Waals surface area contributed by atoms with Gasteiger partial charge in [0.1, 0.15) is 5.82 Å². The number of carbonyl (C=O) groups excluding carboxylic acids is 1. The van der Waals surface area contributed by atoms with Crippen molar-refractivity contribution < 1.29 is 4.79 Å². The molecule has 1 atom stereocenters. The van der Waals surface area contributed by atoms with E-state index < -0.39 is 0 Å². The number of aromatic amines is 1. The molecule has 0 fully saturated rings. The number of rotatable bonds is 5. The lowest BCUT2D eigenvalue weighted by Gasteiger charge is -2.04. The molecule has 1 heterocycles. The molecule has 0 saturated carbocycles. The van der Waals surface area contributed by atoms with Gasteiger partial charge < -0.3 is 11.1 Å². The standard InChI is InChI=1S/C10H19N5O/c1-6(2)8-13-9(15-14-8)10(16)12-5-4-7(3)11/h6-7H,4-5,11H2,1-3H3,(H,12,16)(H,13,14,15). The minimum absolute atomic E-state index is 0.0821. The molecular formula is C10H19N5O. The second-order valence-electron chi connectivity index (χ2n) is 4.22. The lowest BCUT2D eigenvalue weighted by Crippen LogP contribution is -2.29. The molecule has 90 valence electrons. The molecule has 1 rings (SSSR count). The van der Waals surface area contributed by atoms with E-state index in [9.17, 15) is 4.79 Å². The van der Waals surface area contributed by atoms with Crippen LogP contribution in [0, 0.1) is 0 Å². The Labute approximate surface area is 95.0 Å². The first-order valence-corrected chi connectivity index (χ1v) is 5.46. The van der Waals surface area contributed by atoms with Crippen molar-refractivity contribution in [1.29, 1.82) is 0 Å². The van der Waals surface area contributed by atoms with Crippen LogP contribution in [0.4, 0.5) is 0 Å². The van der Waals surface area contributed by atoms with Gasteiger partial charge in [-0.3, -0.25) is 9.89 Å². The van der Waals surface area contributed by atoms with E-state index in [1.807, 2.05) is 20.8 Å². The van der Waals surface area contributed by atoms with Crippen molar-refractivity contribution >= 4 is 5.91 Å². The third-order valence-electron chi connectivity index (χ3n) is 2.14. The predicted octanol–water partition coefficient (Wildman–Crippen LogP) is 0.395. The van der Waals surface area contributed by atoms with Gasteiger partial charge in [0.25, 0.3) is 5.91 Å². The third kappa shape index (κ3) is 3.62. The van der Waals surface area contributed by atoms with Crippen LogP contribution in [0.2, 0.25) is 0 Å². The van der Waals surface area contributed by atoms with Gasteiger partial charge in [0.2, 0.25) is 5.82 Å². The van der Waals surface area contributed by atoms with E-state index in [0.717, 1.165) is 12.2 Å². The van der Waals surface area contributed by atoms with Crippen molar-refractivity contribution in [3.63, 3.8) is 0 Å². The Morgan fingerprint density at radius 3 is 2.69 bits per heavy atom. The number of hydrogen-bond donors (Lipinski definition) is 3. The van der Waals surface area contributed by atoms with Crippen LogP contribution in [0.1, 0.15) is 49.6 Å². The van der Waals surface area contributed by atoms with Crippen LogP contribution in [-0.2, 0) is 0 Å². The molecule has 6 nitrogen and oxygen atoms in total. The average Bonchev–Trinajstić information content (AvgIpc) is 2.65. The molecule has 1 amide bonds. The fourth-order valence-electron chi connectivity index (χ4n) is 1.13. The van der Waals surface area contributed by atoms with Gasteiger partial charge in [-0.15, -0.1) is 5.10 Å². The highest BCUT2D eigenvalue weighted by atomic mass is 16.2. The third-order valence-corrected chi connectivity index (χ3v) is 2.14. The normalized spacial score (nSPS) is 12.8. The highest BCUT2D eigenvalue weighted by Crippen LogP contribution is 2.07. The number of H-pyrrole nitrogens is 1. The zero-order valence-electron chi connectivity index (χ0n) is 9.95. The second-order valence-corrected chi connectivity index (χ2v) is 4.22. The van der Waals surface area contributed by atoms with Crippen LogP contribution in [0.3, 0.4) is 0 Å². The molecule has 16 heavy (non-hydrogen) atoms. The quantitative estimate of drug-likeness (QED) is 0.675. The summed E-state index contributed by atoms with van der Waals surface area (Å²) >= 11 is 0. The maximum absolute atomic E-state index is 11.6. The zero-order chi connectivity index (χ0) is 12.1. The van der Waals surface area contributed by atoms with E-state index in [4.69, 9.17) is 5.73 Å². The topological polar surface area (TPSA) is 96.7 Å². The van der Waals surface area contributed by atoms with Crippen molar-refractivity contribution in [2.24, 2.45) is 5.73 Å². The summed E-state index contributed by atoms with van der Waals surface area (Å²) in [6, 6.07) is 0.0821. The maximum Gasteiger partial charge on any atom is 0.290 e. The van der Waals surface area contributed by atoms with Crippen LogP contribution in [0.15, 0.2) is 0 Å². The van der Waals surface area contributed by atoms with Gasteiger partial charge in [-0.1, -0.05) is 13.8 Å². The van der Waals surface area contributed by atoms with Crippen LogP contribution in [0.25, 0.3) is 0 Å². The summed E-state index contributed by atoms with van der Waals surface area (Å²) in [7, 11) is 0. The summed E-state index contributed by atoms with van der Waals surface area (Å²) in [5, 5.41) is 9.31.